The van der Waals surface area contributed by atoms with Gasteiger partial charge in [-0.1, -0.05) is 18.2 Å². The zero-order valence-electron chi connectivity index (χ0n) is 17.0. The Kier molecular flexibility index (Phi) is 5.47. The van der Waals surface area contributed by atoms with E-state index in [2.05, 4.69) is 26.4 Å². The summed E-state index contributed by atoms with van der Waals surface area (Å²) in [6.07, 6.45) is 7.46. The number of nitrogens with zero attached hydrogens (tertiary/aromatic N) is 4. The Labute approximate surface area is 173 Å². The highest BCUT2D eigenvalue weighted by Crippen LogP contribution is 2.18. The van der Waals surface area contributed by atoms with Crippen molar-refractivity contribution in [3.8, 4) is 0 Å². The third-order valence-corrected chi connectivity index (χ3v) is 5.20. The highest BCUT2D eigenvalue weighted by Gasteiger charge is 2.18. The molecule has 4 aromatic rings. The summed E-state index contributed by atoms with van der Waals surface area (Å²) in [5, 5.41) is 8.08. The minimum absolute atomic E-state index is 0.182. The second-order valence-electron chi connectivity index (χ2n) is 7.47. The normalized spacial score (nSPS) is 12.2. The van der Waals surface area contributed by atoms with Gasteiger partial charge in [0.05, 0.1) is 6.54 Å². The van der Waals surface area contributed by atoms with Crippen LogP contribution in [0.3, 0.4) is 0 Å². The van der Waals surface area contributed by atoms with Crippen molar-refractivity contribution in [3.05, 3.63) is 82.4 Å². The fourth-order valence-corrected chi connectivity index (χ4v) is 3.65. The van der Waals surface area contributed by atoms with Crippen molar-refractivity contribution in [1.82, 2.24) is 29.6 Å². The van der Waals surface area contributed by atoms with Crippen LogP contribution in [0.4, 0.5) is 0 Å². The van der Waals surface area contributed by atoms with E-state index in [9.17, 15) is 9.59 Å². The Morgan fingerprint density at radius 1 is 1.27 bits per heavy atom. The van der Waals surface area contributed by atoms with Gasteiger partial charge in [0.15, 0.2) is 0 Å². The van der Waals surface area contributed by atoms with E-state index >= 15 is 0 Å². The van der Waals surface area contributed by atoms with Gasteiger partial charge in [0.2, 0.25) is 0 Å². The quantitative estimate of drug-likeness (QED) is 0.494. The first-order valence-corrected chi connectivity index (χ1v) is 9.91. The summed E-state index contributed by atoms with van der Waals surface area (Å²) in [5.41, 5.74) is 2.78. The molecule has 3 heterocycles. The molecule has 3 aromatic heterocycles. The van der Waals surface area contributed by atoms with E-state index in [-0.39, 0.29) is 23.1 Å². The maximum absolute atomic E-state index is 13.0. The number of H-pyrrole nitrogens is 1. The first-order valence-electron chi connectivity index (χ1n) is 9.91. The Morgan fingerprint density at radius 3 is 2.90 bits per heavy atom. The molecule has 0 bridgehead atoms. The van der Waals surface area contributed by atoms with Crippen molar-refractivity contribution in [3.63, 3.8) is 0 Å². The monoisotopic (exact) mass is 404 g/mol. The third-order valence-electron chi connectivity index (χ3n) is 5.20. The lowest BCUT2D eigenvalue weighted by Gasteiger charge is -2.15. The largest absolute Gasteiger partial charge is 0.361 e. The molecule has 1 aromatic carbocycles. The zero-order chi connectivity index (χ0) is 21.1. The van der Waals surface area contributed by atoms with Gasteiger partial charge in [-0.05, 0) is 43.5 Å². The highest BCUT2D eigenvalue weighted by molar-refractivity contribution is 5.95. The minimum atomic E-state index is -0.369. The average Bonchev–Trinajstić information content (AvgIpc) is 3.37. The van der Waals surface area contributed by atoms with Crippen molar-refractivity contribution < 1.29 is 4.79 Å². The lowest BCUT2D eigenvalue weighted by atomic mass is 10.1. The Hall–Kier alpha value is -3.68. The van der Waals surface area contributed by atoms with Crippen LogP contribution in [0.2, 0.25) is 0 Å². The molecule has 2 N–H and O–H groups in total. The summed E-state index contributed by atoms with van der Waals surface area (Å²) >= 11 is 0. The molecule has 8 nitrogen and oxygen atoms in total. The van der Waals surface area contributed by atoms with Crippen LogP contribution in [0, 0.1) is 6.92 Å². The van der Waals surface area contributed by atoms with E-state index in [4.69, 9.17) is 0 Å². The van der Waals surface area contributed by atoms with Gasteiger partial charge in [-0.15, -0.1) is 0 Å². The molecule has 1 amide bonds. The van der Waals surface area contributed by atoms with Gasteiger partial charge >= 0.3 is 0 Å². The van der Waals surface area contributed by atoms with Crippen molar-refractivity contribution in [2.75, 3.05) is 0 Å². The predicted octanol–water partition coefficient (Wildman–Crippen LogP) is 2.29. The number of nitrogens with one attached hydrogen (secondary N) is 2. The van der Waals surface area contributed by atoms with E-state index in [0.29, 0.717) is 25.1 Å². The molecule has 0 saturated carbocycles. The van der Waals surface area contributed by atoms with E-state index in [1.54, 1.807) is 28.7 Å². The Balaban J connectivity index is 1.50. The molecule has 8 heteroatoms. The number of aromatic amines is 1. The lowest BCUT2D eigenvalue weighted by molar-refractivity contribution is 0.0933. The molecule has 0 fully saturated rings. The Morgan fingerprint density at radius 2 is 2.10 bits per heavy atom. The number of aromatic nitrogens is 5. The number of carbonyl (C=O) groups excluding carboxylic acids is 1. The van der Waals surface area contributed by atoms with Gasteiger partial charge in [-0.25, -0.2) is 4.98 Å². The Bertz CT molecular complexity index is 1220. The topological polar surface area (TPSA) is 97.6 Å². The molecule has 0 aliphatic rings. The molecular formula is C22H24N6O2. The summed E-state index contributed by atoms with van der Waals surface area (Å²) in [6.45, 7) is 4.62. The van der Waals surface area contributed by atoms with Gasteiger partial charge in [-0.2, -0.15) is 5.10 Å². The fourth-order valence-electron chi connectivity index (χ4n) is 3.65. The van der Waals surface area contributed by atoms with Gasteiger partial charge in [0, 0.05) is 35.9 Å². The molecule has 1 unspecified atom stereocenters. The first-order chi connectivity index (χ1) is 14.5. The van der Waals surface area contributed by atoms with Crippen LogP contribution in [0.25, 0.3) is 10.9 Å². The first kappa shape index (κ1) is 19.6. The van der Waals surface area contributed by atoms with E-state index < -0.39 is 0 Å². The molecule has 0 aliphatic heterocycles. The highest BCUT2D eigenvalue weighted by atomic mass is 16.2. The molecular weight excluding hydrogens is 380 g/mol. The standard InChI is InChI=1S/C22H24N6O2/c1-15-7-9-27(10-8-17-11-24-19-6-4-3-5-18(17)19)22(30)20(15)21(29)26-16(2)12-28-14-23-13-25-28/h3-7,9,11,13-14,16,24H,8,10,12H2,1-2H3,(H,26,29). The summed E-state index contributed by atoms with van der Waals surface area (Å²) in [7, 11) is 0. The summed E-state index contributed by atoms with van der Waals surface area (Å²) in [4.78, 5) is 33.0. The number of pyridine rings is 1. The average molecular weight is 404 g/mol. The van der Waals surface area contributed by atoms with Gasteiger partial charge in [0.1, 0.15) is 18.2 Å². The summed E-state index contributed by atoms with van der Waals surface area (Å²) in [5.74, 6) is -0.369. The van der Waals surface area contributed by atoms with Crippen molar-refractivity contribution in [1.29, 1.82) is 0 Å². The number of hydrogen-bond donors (Lipinski definition) is 2. The van der Waals surface area contributed by atoms with Crippen LogP contribution in [-0.2, 0) is 19.5 Å². The second-order valence-corrected chi connectivity index (χ2v) is 7.47. The smallest absolute Gasteiger partial charge is 0.263 e. The number of para-hydroxylation sites is 1. The molecule has 4 rings (SSSR count). The third kappa shape index (κ3) is 4.03. The van der Waals surface area contributed by atoms with Crippen molar-refractivity contribution >= 4 is 16.8 Å². The second kappa shape index (κ2) is 8.36. The van der Waals surface area contributed by atoms with E-state index in [1.165, 1.54) is 6.33 Å². The van der Waals surface area contributed by atoms with Crippen LogP contribution in [0.5, 0.6) is 0 Å². The molecule has 0 spiro atoms. The summed E-state index contributed by atoms with van der Waals surface area (Å²) in [6, 6.07) is 9.70. The van der Waals surface area contributed by atoms with Crippen LogP contribution in [-0.4, -0.2) is 36.3 Å². The minimum Gasteiger partial charge on any atom is -0.361 e. The van der Waals surface area contributed by atoms with Gasteiger partial charge < -0.3 is 14.9 Å². The van der Waals surface area contributed by atoms with E-state index in [0.717, 1.165) is 16.5 Å². The number of hydrogen-bond acceptors (Lipinski definition) is 4. The molecule has 154 valence electrons. The maximum Gasteiger partial charge on any atom is 0.263 e. The number of benzene rings is 1. The molecule has 30 heavy (non-hydrogen) atoms. The van der Waals surface area contributed by atoms with E-state index in [1.807, 2.05) is 37.4 Å². The van der Waals surface area contributed by atoms with Crippen LogP contribution < -0.4 is 10.9 Å². The van der Waals surface area contributed by atoms with Crippen molar-refractivity contribution in [2.24, 2.45) is 0 Å². The SMILES string of the molecule is Cc1ccn(CCc2c[nH]c3ccccc23)c(=O)c1C(=O)NC(C)Cn1cncn1. The zero-order valence-corrected chi connectivity index (χ0v) is 17.0. The van der Waals surface area contributed by atoms with Crippen LogP contribution in [0.15, 0.2) is 60.2 Å². The molecule has 0 radical (unpaired) electrons. The number of aryl methyl sites for hydroxylation is 3. The molecule has 0 saturated heterocycles. The van der Waals surface area contributed by atoms with Crippen LogP contribution >= 0.6 is 0 Å². The summed E-state index contributed by atoms with van der Waals surface area (Å²) < 4.78 is 3.24. The van der Waals surface area contributed by atoms with Crippen LogP contribution in [0.1, 0.15) is 28.4 Å². The predicted molar refractivity (Wildman–Crippen MR) is 114 cm³/mol. The number of carbonyl (C=O) groups is 1. The van der Waals surface area contributed by atoms with Crippen molar-refractivity contribution in [2.45, 2.75) is 39.4 Å². The van der Waals surface area contributed by atoms with Gasteiger partial charge in [-0.3, -0.25) is 14.3 Å². The maximum atomic E-state index is 13.0. The lowest BCUT2D eigenvalue weighted by Crippen LogP contribution is -2.40. The number of fused-ring (bicyclic) bond motifs is 1. The molecule has 1 atom stereocenters. The molecule has 0 aliphatic carbocycles. The van der Waals surface area contributed by atoms with Gasteiger partial charge in [0.25, 0.3) is 11.5 Å². The fraction of sp³-hybridized carbons (Fsp3) is 0.273. The number of amides is 1. The number of rotatable bonds is 7.